The van der Waals surface area contributed by atoms with E-state index in [4.69, 9.17) is 0 Å². The molecular formula is C17H23N3. The largest absolute Gasteiger partial charge is 0.371 e. The van der Waals surface area contributed by atoms with E-state index < -0.39 is 0 Å². The molecule has 1 aromatic heterocycles. The van der Waals surface area contributed by atoms with Crippen molar-refractivity contribution in [2.24, 2.45) is 5.92 Å². The van der Waals surface area contributed by atoms with Gasteiger partial charge in [0.1, 0.15) is 0 Å². The molecular weight excluding hydrogens is 246 g/mol. The third kappa shape index (κ3) is 2.63. The molecule has 1 fully saturated rings. The van der Waals surface area contributed by atoms with Crippen molar-refractivity contribution in [3.8, 4) is 0 Å². The third-order valence-corrected chi connectivity index (χ3v) is 4.27. The van der Waals surface area contributed by atoms with Crippen LogP contribution in [0.2, 0.25) is 0 Å². The van der Waals surface area contributed by atoms with Crippen molar-refractivity contribution in [3.05, 3.63) is 36.0 Å². The number of hydrogen-bond donors (Lipinski definition) is 1. The van der Waals surface area contributed by atoms with E-state index in [2.05, 4.69) is 52.5 Å². The number of rotatable bonds is 3. The fraction of sp³-hybridized carbons (Fsp3) is 0.471. The SMILES string of the molecule is CNCC1CCN(c2cc(C)nc3ccccc23)CC1. The lowest BCUT2D eigenvalue weighted by atomic mass is 9.96. The Balaban J connectivity index is 1.87. The summed E-state index contributed by atoms with van der Waals surface area (Å²) in [5, 5.41) is 4.58. The number of anilines is 1. The average molecular weight is 269 g/mol. The van der Waals surface area contributed by atoms with E-state index in [1.54, 1.807) is 0 Å². The average Bonchev–Trinajstić information content (AvgIpc) is 2.47. The summed E-state index contributed by atoms with van der Waals surface area (Å²) in [6.07, 6.45) is 2.55. The molecule has 2 aromatic rings. The molecule has 0 saturated carbocycles. The van der Waals surface area contributed by atoms with Gasteiger partial charge in [-0.15, -0.1) is 0 Å². The number of benzene rings is 1. The van der Waals surface area contributed by atoms with Crippen molar-refractivity contribution < 1.29 is 0 Å². The van der Waals surface area contributed by atoms with Crippen LogP contribution in [0.1, 0.15) is 18.5 Å². The van der Waals surface area contributed by atoms with Crippen LogP contribution in [-0.4, -0.2) is 31.7 Å². The quantitative estimate of drug-likeness (QED) is 0.928. The first kappa shape index (κ1) is 13.4. The highest BCUT2D eigenvalue weighted by Gasteiger charge is 2.20. The summed E-state index contributed by atoms with van der Waals surface area (Å²) in [6.45, 7) is 5.53. The number of aryl methyl sites for hydroxylation is 1. The van der Waals surface area contributed by atoms with Crippen LogP contribution in [0.15, 0.2) is 30.3 Å². The summed E-state index contributed by atoms with van der Waals surface area (Å²) in [5.74, 6) is 0.824. The summed E-state index contributed by atoms with van der Waals surface area (Å²) in [4.78, 5) is 7.17. The highest BCUT2D eigenvalue weighted by atomic mass is 15.1. The minimum atomic E-state index is 0.824. The van der Waals surface area contributed by atoms with E-state index in [1.807, 2.05) is 7.05 Å². The molecule has 106 valence electrons. The number of fused-ring (bicyclic) bond motifs is 1. The molecule has 1 aliphatic rings. The molecule has 20 heavy (non-hydrogen) atoms. The van der Waals surface area contributed by atoms with Gasteiger partial charge in [-0.05, 0) is 51.4 Å². The molecule has 1 aromatic carbocycles. The topological polar surface area (TPSA) is 28.2 Å². The van der Waals surface area contributed by atoms with E-state index in [9.17, 15) is 0 Å². The Kier molecular flexibility index (Phi) is 3.88. The smallest absolute Gasteiger partial charge is 0.0726 e. The molecule has 1 aliphatic heterocycles. The first-order valence-electron chi connectivity index (χ1n) is 7.54. The minimum Gasteiger partial charge on any atom is -0.371 e. The molecule has 0 unspecified atom stereocenters. The van der Waals surface area contributed by atoms with E-state index >= 15 is 0 Å². The van der Waals surface area contributed by atoms with Crippen molar-refractivity contribution in [2.45, 2.75) is 19.8 Å². The predicted molar refractivity (Wildman–Crippen MR) is 85.3 cm³/mol. The number of piperidine rings is 1. The summed E-state index contributed by atoms with van der Waals surface area (Å²) >= 11 is 0. The molecule has 0 bridgehead atoms. The maximum absolute atomic E-state index is 4.64. The summed E-state index contributed by atoms with van der Waals surface area (Å²) in [7, 11) is 2.05. The zero-order chi connectivity index (χ0) is 13.9. The van der Waals surface area contributed by atoms with E-state index in [0.717, 1.165) is 36.8 Å². The minimum absolute atomic E-state index is 0.824. The van der Waals surface area contributed by atoms with Gasteiger partial charge in [-0.25, -0.2) is 0 Å². The van der Waals surface area contributed by atoms with Gasteiger partial charge in [-0.3, -0.25) is 4.98 Å². The second kappa shape index (κ2) is 5.80. The van der Waals surface area contributed by atoms with E-state index in [-0.39, 0.29) is 0 Å². The Bertz CT molecular complexity index is 586. The Morgan fingerprint density at radius 1 is 1.25 bits per heavy atom. The first-order valence-corrected chi connectivity index (χ1v) is 7.54. The highest BCUT2D eigenvalue weighted by Crippen LogP contribution is 2.30. The van der Waals surface area contributed by atoms with Crippen molar-refractivity contribution in [1.82, 2.24) is 10.3 Å². The normalized spacial score (nSPS) is 16.8. The standard InChI is InChI=1S/C17H23N3/c1-13-11-17(15-5-3-4-6-16(15)19-13)20-9-7-14(8-10-20)12-18-2/h3-6,11,14,18H,7-10,12H2,1-2H3. The lowest BCUT2D eigenvalue weighted by Crippen LogP contribution is -2.36. The van der Waals surface area contributed by atoms with Gasteiger partial charge in [0, 0.05) is 29.9 Å². The molecule has 1 N–H and O–H groups in total. The monoisotopic (exact) mass is 269 g/mol. The molecule has 3 heteroatoms. The molecule has 0 aliphatic carbocycles. The van der Waals surface area contributed by atoms with Gasteiger partial charge in [-0.1, -0.05) is 18.2 Å². The Labute approximate surface area is 121 Å². The molecule has 0 spiro atoms. The van der Waals surface area contributed by atoms with Crippen LogP contribution in [0.25, 0.3) is 10.9 Å². The van der Waals surface area contributed by atoms with Gasteiger partial charge in [0.2, 0.25) is 0 Å². The molecule has 3 rings (SSSR count). The van der Waals surface area contributed by atoms with Gasteiger partial charge in [0.25, 0.3) is 0 Å². The fourth-order valence-electron chi connectivity index (χ4n) is 3.21. The lowest BCUT2D eigenvalue weighted by Gasteiger charge is -2.34. The maximum atomic E-state index is 4.64. The Hall–Kier alpha value is -1.61. The van der Waals surface area contributed by atoms with Crippen molar-refractivity contribution in [3.63, 3.8) is 0 Å². The number of nitrogens with one attached hydrogen (secondary N) is 1. The van der Waals surface area contributed by atoms with Crippen LogP contribution in [0.3, 0.4) is 0 Å². The van der Waals surface area contributed by atoms with E-state index in [1.165, 1.54) is 23.9 Å². The van der Waals surface area contributed by atoms with Gasteiger partial charge in [0.05, 0.1) is 5.52 Å². The second-order valence-electron chi connectivity index (χ2n) is 5.79. The molecule has 3 nitrogen and oxygen atoms in total. The van der Waals surface area contributed by atoms with Crippen LogP contribution in [0, 0.1) is 12.8 Å². The van der Waals surface area contributed by atoms with Crippen molar-refractivity contribution in [2.75, 3.05) is 31.6 Å². The van der Waals surface area contributed by atoms with Crippen molar-refractivity contribution in [1.29, 1.82) is 0 Å². The van der Waals surface area contributed by atoms with Crippen LogP contribution >= 0.6 is 0 Å². The van der Waals surface area contributed by atoms with Gasteiger partial charge in [0.15, 0.2) is 0 Å². The number of para-hydroxylation sites is 1. The fourth-order valence-corrected chi connectivity index (χ4v) is 3.21. The van der Waals surface area contributed by atoms with Crippen molar-refractivity contribution >= 4 is 16.6 Å². The zero-order valence-corrected chi connectivity index (χ0v) is 12.4. The lowest BCUT2D eigenvalue weighted by molar-refractivity contribution is 0.394. The number of pyridine rings is 1. The Morgan fingerprint density at radius 2 is 2.00 bits per heavy atom. The van der Waals surface area contributed by atoms with Crippen LogP contribution in [0.5, 0.6) is 0 Å². The third-order valence-electron chi connectivity index (χ3n) is 4.27. The van der Waals surface area contributed by atoms with Gasteiger partial charge < -0.3 is 10.2 Å². The predicted octanol–water partition coefficient (Wildman–Crippen LogP) is 2.98. The van der Waals surface area contributed by atoms with Crippen LogP contribution in [0.4, 0.5) is 5.69 Å². The number of nitrogens with zero attached hydrogens (tertiary/aromatic N) is 2. The Morgan fingerprint density at radius 3 is 2.75 bits per heavy atom. The van der Waals surface area contributed by atoms with Crippen LogP contribution < -0.4 is 10.2 Å². The van der Waals surface area contributed by atoms with E-state index in [0.29, 0.717) is 0 Å². The maximum Gasteiger partial charge on any atom is 0.0726 e. The molecule has 0 amide bonds. The number of hydrogen-bond acceptors (Lipinski definition) is 3. The second-order valence-corrected chi connectivity index (χ2v) is 5.79. The molecule has 0 atom stereocenters. The molecule has 1 saturated heterocycles. The summed E-state index contributed by atoms with van der Waals surface area (Å²) < 4.78 is 0. The molecule has 0 radical (unpaired) electrons. The summed E-state index contributed by atoms with van der Waals surface area (Å²) in [5.41, 5.74) is 3.58. The summed E-state index contributed by atoms with van der Waals surface area (Å²) in [6, 6.07) is 10.7. The first-order chi connectivity index (χ1) is 9.78. The van der Waals surface area contributed by atoms with Crippen LogP contribution in [-0.2, 0) is 0 Å². The van der Waals surface area contributed by atoms with Gasteiger partial charge in [-0.2, -0.15) is 0 Å². The molecule has 2 heterocycles. The number of aromatic nitrogens is 1. The highest BCUT2D eigenvalue weighted by molar-refractivity contribution is 5.92. The zero-order valence-electron chi connectivity index (χ0n) is 12.4. The van der Waals surface area contributed by atoms with Gasteiger partial charge >= 0.3 is 0 Å².